The minimum Gasteiger partial charge on any atom is -0.328 e. The van der Waals surface area contributed by atoms with E-state index in [1.54, 1.807) is 32.9 Å². The molecule has 2 aliphatic heterocycles. The van der Waals surface area contributed by atoms with Crippen LogP contribution in [0.2, 0.25) is 0 Å². The molecule has 0 aliphatic carbocycles. The number of hydrogen-bond acceptors (Lipinski definition) is 6. The Morgan fingerprint density at radius 3 is 2.11 bits per heavy atom. The van der Waals surface area contributed by atoms with Gasteiger partial charge in [-0.25, -0.2) is 13.2 Å². The van der Waals surface area contributed by atoms with Crippen LogP contribution < -0.4 is 0 Å². The lowest BCUT2D eigenvalue weighted by Crippen LogP contribution is -2.61. The zero-order valence-electron chi connectivity index (χ0n) is 15.7. The lowest BCUT2D eigenvalue weighted by Gasteiger charge is -2.44. The van der Waals surface area contributed by atoms with Crippen LogP contribution in [0.25, 0.3) is 0 Å². The highest BCUT2D eigenvalue weighted by Gasteiger charge is 2.56. The standard InChI is InChI=1S/C18H22N2O6S/c1-17(2,3)19-11-7-10-18(4,27(19,24)25)16(23)26-20-14(21)12-8-5-6-9-13(12)15(20)22/h5-6,8-9H,7,10-11H2,1-4H3. The summed E-state index contributed by atoms with van der Waals surface area (Å²) >= 11 is 0. The molecule has 2 aliphatic rings. The molecule has 2 heterocycles. The summed E-state index contributed by atoms with van der Waals surface area (Å²) in [6.45, 7) is 6.80. The van der Waals surface area contributed by atoms with Crippen LogP contribution in [0.15, 0.2) is 24.3 Å². The van der Waals surface area contributed by atoms with E-state index in [2.05, 4.69) is 0 Å². The predicted molar refractivity (Wildman–Crippen MR) is 96.1 cm³/mol. The lowest BCUT2D eigenvalue weighted by molar-refractivity contribution is -0.172. The Kier molecular flexibility index (Phi) is 4.43. The van der Waals surface area contributed by atoms with Gasteiger partial charge in [-0.05, 0) is 52.7 Å². The van der Waals surface area contributed by atoms with Crippen molar-refractivity contribution in [3.8, 4) is 0 Å². The maximum atomic E-state index is 13.1. The Labute approximate surface area is 158 Å². The number of nitrogens with zero attached hydrogens (tertiary/aromatic N) is 2. The molecule has 8 nitrogen and oxygen atoms in total. The molecular weight excluding hydrogens is 372 g/mol. The van der Waals surface area contributed by atoms with Crippen molar-refractivity contribution in [2.45, 2.75) is 50.8 Å². The fourth-order valence-corrected chi connectivity index (χ4v) is 5.61. The Hall–Kier alpha value is -2.26. The van der Waals surface area contributed by atoms with E-state index in [0.29, 0.717) is 18.0 Å². The third-order valence-corrected chi connectivity index (χ3v) is 7.81. The zero-order valence-corrected chi connectivity index (χ0v) is 16.5. The van der Waals surface area contributed by atoms with Crippen molar-refractivity contribution in [1.82, 2.24) is 9.37 Å². The number of fused-ring (bicyclic) bond motifs is 1. The van der Waals surface area contributed by atoms with Gasteiger partial charge in [-0.15, -0.1) is 0 Å². The number of carbonyl (C=O) groups excluding carboxylic acids is 3. The normalized spacial score (nSPS) is 25.4. The quantitative estimate of drug-likeness (QED) is 0.708. The van der Waals surface area contributed by atoms with Gasteiger partial charge >= 0.3 is 5.97 Å². The first kappa shape index (κ1) is 19.5. The Balaban J connectivity index is 1.90. The van der Waals surface area contributed by atoms with Gasteiger partial charge in [-0.2, -0.15) is 4.31 Å². The van der Waals surface area contributed by atoms with Gasteiger partial charge in [0.05, 0.1) is 11.1 Å². The third-order valence-electron chi connectivity index (χ3n) is 4.99. The van der Waals surface area contributed by atoms with Crippen molar-refractivity contribution in [2.75, 3.05) is 6.54 Å². The van der Waals surface area contributed by atoms with Gasteiger partial charge in [0, 0.05) is 12.1 Å². The highest BCUT2D eigenvalue weighted by atomic mass is 32.2. The van der Waals surface area contributed by atoms with Crippen LogP contribution >= 0.6 is 0 Å². The van der Waals surface area contributed by atoms with Gasteiger partial charge in [-0.3, -0.25) is 9.59 Å². The van der Waals surface area contributed by atoms with Crippen molar-refractivity contribution in [1.29, 1.82) is 0 Å². The second kappa shape index (κ2) is 6.13. The summed E-state index contributed by atoms with van der Waals surface area (Å²) in [7, 11) is -4.06. The van der Waals surface area contributed by atoms with Crippen molar-refractivity contribution >= 4 is 27.8 Å². The van der Waals surface area contributed by atoms with Crippen molar-refractivity contribution in [3.05, 3.63) is 35.4 Å². The molecule has 146 valence electrons. The smallest absolute Gasteiger partial charge is 0.328 e. The highest BCUT2D eigenvalue weighted by Crippen LogP contribution is 2.37. The summed E-state index contributed by atoms with van der Waals surface area (Å²) in [5.74, 6) is -2.70. The summed E-state index contributed by atoms with van der Waals surface area (Å²) in [5.41, 5.74) is -0.484. The van der Waals surface area contributed by atoms with E-state index in [9.17, 15) is 22.8 Å². The summed E-state index contributed by atoms with van der Waals surface area (Å²) in [4.78, 5) is 42.6. The summed E-state index contributed by atoms with van der Waals surface area (Å²) in [6.07, 6.45) is 0.508. The van der Waals surface area contributed by atoms with E-state index in [4.69, 9.17) is 4.84 Å². The van der Waals surface area contributed by atoms with Gasteiger partial charge in [0.1, 0.15) is 0 Å². The van der Waals surface area contributed by atoms with Gasteiger partial charge in [0.25, 0.3) is 11.8 Å². The highest BCUT2D eigenvalue weighted by molar-refractivity contribution is 7.91. The molecule has 1 fully saturated rings. The third kappa shape index (κ3) is 2.85. The van der Waals surface area contributed by atoms with Crippen molar-refractivity contribution in [3.63, 3.8) is 0 Å². The average molecular weight is 394 g/mol. The van der Waals surface area contributed by atoms with Gasteiger partial charge < -0.3 is 4.84 Å². The molecule has 0 saturated carbocycles. The topological polar surface area (TPSA) is 101 Å². The van der Waals surface area contributed by atoms with Crippen molar-refractivity contribution in [2.24, 2.45) is 0 Å². The number of hydroxylamine groups is 2. The number of hydrogen-bond donors (Lipinski definition) is 0. The van der Waals surface area contributed by atoms with Crippen LogP contribution in [0.3, 0.4) is 0 Å². The maximum absolute atomic E-state index is 13.1. The molecule has 1 aromatic carbocycles. The predicted octanol–water partition coefficient (Wildman–Crippen LogP) is 1.72. The molecule has 27 heavy (non-hydrogen) atoms. The molecule has 0 bridgehead atoms. The summed E-state index contributed by atoms with van der Waals surface area (Å²) < 4.78 is 25.6. The average Bonchev–Trinajstić information content (AvgIpc) is 2.81. The lowest BCUT2D eigenvalue weighted by atomic mass is 10.0. The van der Waals surface area contributed by atoms with Crippen LogP contribution in [0.5, 0.6) is 0 Å². The minimum absolute atomic E-state index is 0.0456. The minimum atomic E-state index is -4.06. The first-order chi connectivity index (χ1) is 12.4. The largest absolute Gasteiger partial charge is 0.355 e. The summed E-state index contributed by atoms with van der Waals surface area (Å²) in [5, 5.41) is 0.351. The van der Waals surface area contributed by atoms with E-state index >= 15 is 0 Å². The molecular formula is C18H22N2O6S. The van der Waals surface area contributed by atoms with Gasteiger partial charge in [0.15, 0.2) is 4.75 Å². The molecule has 1 aromatic rings. The number of amides is 2. The SMILES string of the molecule is CC(C)(C)N1CCCC(C)(C(=O)ON2C(=O)c3ccccc3C2=O)S1(=O)=O. The number of benzene rings is 1. The molecule has 1 saturated heterocycles. The van der Waals surface area contributed by atoms with E-state index in [-0.39, 0.29) is 17.5 Å². The molecule has 0 aromatic heterocycles. The zero-order chi connectivity index (χ0) is 20.2. The number of sulfonamides is 1. The monoisotopic (exact) mass is 394 g/mol. The Morgan fingerprint density at radius 1 is 1.11 bits per heavy atom. The van der Waals surface area contributed by atoms with E-state index in [0.717, 1.165) is 0 Å². The molecule has 1 atom stereocenters. The second-order valence-corrected chi connectivity index (χ2v) is 10.2. The molecule has 0 radical (unpaired) electrons. The van der Waals surface area contributed by atoms with E-state index in [1.165, 1.54) is 23.4 Å². The number of rotatable bonds is 2. The van der Waals surface area contributed by atoms with Crippen molar-refractivity contribution < 1.29 is 27.6 Å². The van der Waals surface area contributed by atoms with Crippen LogP contribution in [0.1, 0.15) is 61.3 Å². The first-order valence-corrected chi connectivity index (χ1v) is 10.1. The first-order valence-electron chi connectivity index (χ1n) is 8.64. The molecule has 9 heteroatoms. The number of imide groups is 1. The fraction of sp³-hybridized carbons (Fsp3) is 0.500. The van der Waals surface area contributed by atoms with E-state index in [1.807, 2.05) is 0 Å². The van der Waals surface area contributed by atoms with Crippen LogP contribution in [-0.2, 0) is 19.7 Å². The van der Waals surface area contributed by atoms with Gasteiger partial charge in [0.2, 0.25) is 10.0 Å². The molecule has 3 rings (SSSR count). The second-order valence-electron chi connectivity index (χ2n) is 7.91. The Bertz CT molecular complexity index is 898. The van der Waals surface area contributed by atoms with E-state index < -0.39 is 38.1 Å². The fourth-order valence-electron chi connectivity index (χ4n) is 3.39. The van der Waals surface area contributed by atoms with Crippen LogP contribution in [0, 0.1) is 0 Å². The molecule has 0 spiro atoms. The van der Waals surface area contributed by atoms with Gasteiger partial charge in [-0.1, -0.05) is 17.2 Å². The number of carbonyl (C=O) groups is 3. The van der Waals surface area contributed by atoms with Crippen LogP contribution in [0.4, 0.5) is 0 Å². The van der Waals surface area contributed by atoms with Crippen LogP contribution in [-0.4, -0.2) is 52.4 Å². The maximum Gasteiger partial charge on any atom is 0.355 e. The Morgan fingerprint density at radius 2 is 1.63 bits per heavy atom. The summed E-state index contributed by atoms with van der Waals surface area (Å²) in [6, 6.07) is 6.07. The molecule has 0 N–H and O–H groups in total. The molecule has 2 amide bonds. The molecule has 1 unspecified atom stereocenters.